The smallest absolute Gasteiger partial charge is 0.328 e. The number of Topliss-reactive ketones (excluding diaryl/α,β-unsaturated/α-hetero) is 1. The summed E-state index contributed by atoms with van der Waals surface area (Å²) >= 11 is 0. The van der Waals surface area contributed by atoms with Gasteiger partial charge in [-0.15, -0.1) is 0 Å². The van der Waals surface area contributed by atoms with Crippen molar-refractivity contribution < 1.29 is 19.1 Å². The molecule has 120 valence electrons. The molecule has 1 N–H and O–H groups in total. The summed E-state index contributed by atoms with van der Waals surface area (Å²) in [7, 11) is 1.26. The van der Waals surface area contributed by atoms with E-state index in [-0.39, 0.29) is 24.5 Å². The molecule has 5 heteroatoms. The fraction of sp³-hybridized carbons (Fsp3) is 0.278. The number of carbonyl (C=O) groups is 3. The molecule has 0 saturated carbocycles. The van der Waals surface area contributed by atoms with E-state index >= 15 is 0 Å². The van der Waals surface area contributed by atoms with Crippen LogP contribution in [0, 0.1) is 0 Å². The molecule has 2 rings (SSSR count). The Morgan fingerprint density at radius 3 is 2.43 bits per heavy atom. The summed E-state index contributed by atoms with van der Waals surface area (Å²) in [5, 5.41) is 4.61. The summed E-state index contributed by atoms with van der Waals surface area (Å²) in [5.74, 6) is -0.964. The van der Waals surface area contributed by atoms with Crippen LogP contribution in [-0.4, -0.2) is 30.8 Å². The van der Waals surface area contributed by atoms with Gasteiger partial charge in [0.25, 0.3) is 5.91 Å². The molecular formula is C18H19NO4. The minimum Gasteiger partial charge on any atom is -0.467 e. The quantitative estimate of drug-likeness (QED) is 0.832. The maximum atomic E-state index is 12.4. The normalized spacial score (nSPS) is 11.7. The lowest BCUT2D eigenvalue weighted by molar-refractivity contribution is -0.143. The Labute approximate surface area is 134 Å². The molecular weight excluding hydrogens is 294 g/mol. The molecule has 0 aliphatic rings. The van der Waals surface area contributed by atoms with Crippen LogP contribution in [0.3, 0.4) is 0 Å². The molecule has 1 atom stereocenters. The van der Waals surface area contributed by atoms with Gasteiger partial charge in [-0.2, -0.15) is 0 Å². The van der Waals surface area contributed by atoms with Crippen molar-refractivity contribution in [2.45, 2.75) is 25.8 Å². The van der Waals surface area contributed by atoms with Gasteiger partial charge in [0.15, 0.2) is 0 Å². The molecule has 0 radical (unpaired) electrons. The van der Waals surface area contributed by atoms with Gasteiger partial charge in [-0.05, 0) is 36.2 Å². The maximum Gasteiger partial charge on any atom is 0.328 e. The molecule has 0 unspecified atom stereocenters. The van der Waals surface area contributed by atoms with Gasteiger partial charge < -0.3 is 14.8 Å². The van der Waals surface area contributed by atoms with Gasteiger partial charge >= 0.3 is 5.97 Å². The van der Waals surface area contributed by atoms with E-state index in [2.05, 4.69) is 10.1 Å². The highest BCUT2D eigenvalue weighted by Gasteiger charge is 2.22. The Hall–Kier alpha value is -2.69. The topological polar surface area (TPSA) is 72.5 Å². The zero-order valence-corrected chi connectivity index (χ0v) is 13.2. The van der Waals surface area contributed by atoms with Crippen molar-refractivity contribution in [1.82, 2.24) is 5.32 Å². The van der Waals surface area contributed by atoms with Crippen LogP contribution in [0.4, 0.5) is 0 Å². The minimum atomic E-state index is -0.831. The van der Waals surface area contributed by atoms with Crippen molar-refractivity contribution in [2.75, 3.05) is 7.11 Å². The second kappa shape index (κ2) is 7.54. The van der Waals surface area contributed by atoms with Gasteiger partial charge in [0.05, 0.1) is 7.11 Å². The van der Waals surface area contributed by atoms with Crippen LogP contribution >= 0.6 is 0 Å². The summed E-state index contributed by atoms with van der Waals surface area (Å²) in [5.41, 5.74) is 0.459. The van der Waals surface area contributed by atoms with E-state index in [1.54, 1.807) is 12.1 Å². The number of nitrogens with one attached hydrogen (secondary N) is 1. The molecule has 1 amide bonds. The number of methoxy groups -OCH3 is 1. The predicted octanol–water partition coefficient (Wildman–Crippen LogP) is 2.48. The monoisotopic (exact) mass is 313 g/mol. The number of rotatable bonds is 6. The van der Waals surface area contributed by atoms with Crippen molar-refractivity contribution in [3.05, 3.63) is 48.0 Å². The van der Waals surface area contributed by atoms with E-state index in [0.717, 1.165) is 10.8 Å². The maximum absolute atomic E-state index is 12.4. The summed E-state index contributed by atoms with van der Waals surface area (Å²) in [6.45, 7) is 1.44. The van der Waals surface area contributed by atoms with E-state index in [1.807, 2.05) is 30.3 Å². The third-order valence-corrected chi connectivity index (χ3v) is 3.59. The summed E-state index contributed by atoms with van der Waals surface area (Å²) < 4.78 is 4.69. The first-order valence-corrected chi connectivity index (χ1v) is 7.38. The Kier molecular flexibility index (Phi) is 5.46. The molecule has 0 heterocycles. The molecule has 2 aromatic carbocycles. The first-order valence-electron chi connectivity index (χ1n) is 7.38. The zero-order chi connectivity index (χ0) is 16.8. The largest absolute Gasteiger partial charge is 0.467 e. The van der Waals surface area contributed by atoms with Crippen LogP contribution in [0.2, 0.25) is 0 Å². The highest BCUT2D eigenvalue weighted by molar-refractivity contribution is 6.00. The fourth-order valence-electron chi connectivity index (χ4n) is 2.31. The number of carbonyl (C=O) groups excluding carboxylic acids is 3. The number of benzene rings is 2. The average molecular weight is 313 g/mol. The third kappa shape index (κ3) is 4.39. The number of fused-ring (bicyclic) bond motifs is 1. The molecule has 0 bridgehead atoms. The Morgan fingerprint density at radius 2 is 1.78 bits per heavy atom. The van der Waals surface area contributed by atoms with E-state index < -0.39 is 12.0 Å². The number of ketones is 1. The van der Waals surface area contributed by atoms with Crippen molar-refractivity contribution >= 4 is 28.4 Å². The van der Waals surface area contributed by atoms with Gasteiger partial charge in [-0.25, -0.2) is 4.79 Å². The Balaban J connectivity index is 2.15. The highest BCUT2D eigenvalue weighted by atomic mass is 16.5. The fourth-order valence-corrected chi connectivity index (χ4v) is 2.31. The standard InChI is InChI=1S/C18H19NO4/c1-12(20)7-10-16(18(22)23-2)19-17(21)15-9-8-13-5-3-4-6-14(13)11-15/h3-6,8-9,11,16H,7,10H2,1-2H3,(H,19,21)/t16-/m1/s1. The molecule has 0 aromatic heterocycles. The first kappa shape index (κ1) is 16.7. The predicted molar refractivity (Wildman–Crippen MR) is 87.1 cm³/mol. The minimum absolute atomic E-state index is 0.0427. The molecule has 0 aliphatic heterocycles. The number of ether oxygens (including phenoxy) is 1. The second-order valence-corrected chi connectivity index (χ2v) is 5.35. The molecule has 23 heavy (non-hydrogen) atoms. The number of esters is 1. The first-order chi connectivity index (χ1) is 11.0. The van der Waals surface area contributed by atoms with E-state index in [9.17, 15) is 14.4 Å². The van der Waals surface area contributed by atoms with E-state index in [4.69, 9.17) is 0 Å². The highest BCUT2D eigenvalue weighted by Crippen LogP contribution is 2.16. The molecule has 5 nitrogen and oxygen atoms in total. The molecule has 2 aromatic rings. The lowest BCUT2D eigenvalue weighted by Gasteiger charge is -2.16. The van der Waals surface area contributed by atoms with Gasteiger partial charge in [-0.1, -0.05) is 30.3 Å². The van der Waals surface area contributed by atoms with Crippen LogP contribution in [0.5, 0.6) is 0 Å². The second-order valence-electron chi connectivity index (χ2n) is 5.35. The van der Waals surface area contributed by atoms with Crippen molar-refractivity contribution in [3.63, 3.8) is 0 Å². The number of hydrogen-bond acceptors (Lipinski definition) is 4. The van der Waals surface area contributed by atoms with Crippen LogP contribution in [0.25, 0.3) is 10.8 Å². The summed E-state index contributed by atoms with van der Waals surface area (Å²) in [4.78, 5) is 35.2. The molecule has 0 aliphatic carbocycles. The summed E-state index contributed by atoms with van der Waals surface area (Å²) in [6, 6.07) is 12.2. The lowest BCUT2D eigenvalue weighted by Crippen LogP contribution is -2.41. The van der Waals surface area contributed by atoms with Gasteiger partial charge in [0, 0.05) is 12.0 Å². The lowest BCUT2D eigenvalue weighted by atomic mass is 10.1. The van der Waals surface area contributed by atoms with Gasteiger partial charge in [0.1, 0.15) is 11.8 Å². The van der Waals surface area contributed by atoms with Crippen LogP contribution < -0.4 is 5.32 Å². The Bertz CT molecular complexity index is 739. The number of hydrogen-bond donors (Lipinski definition) is 1. The van der Waals surface area contributed by atoms with Crippen molar-refractivity contribution in [3.8, 4) is 0 Å². The molecule has 0 saturated heterocycles. The Morgan fingerprint density at radius 1 is 1.09 bits per heavy atom. The van der Waals surface area contributed by atoms with Crippen molar-refractivity contribution in [2.24, 2.45) is 0 Å². The van der Waals surface area contributed by atoms with E-state index in [1.165, 1.54) is 14.0 Å². The number of amides is 1. The van der Waals surface area contributed by atoms with Crippen LogP contribution in [0.15, 0.2) is 42.5 Å². The van der Waals surface area contributed by atoms with Crippen LogP contribution in [0.1, 0.15) is 30.1 Å². The van der Waals surface area contributed by atoms with E-state index in [0.29, 0.717) is 5.56 Å². The average Bonchev–Trinajstić information content (AvgIpc) is 2.57. The SMILES string of the molecule is COC(=O)[C@@H](CCC(C)=O)NC(=O)c1ccc2ccccc2c1. The van der Waals surface area contributed by atoms with Crippen molar-refractivity contribution in [1.29, 1.82) is 0 Å². The van der Waals surface area contributed by atoms with Gasteiger partial charge in [0.2, 0.25) is 0 Å². The van der Waals surface area contributed by atoms with Crippen LogP contribution in [-0.2, 0) is 14.3 Å². The zero-order valence-electron chi connectivity index (χ0n) is 13.2. The van der Waals surface area contributed by atoms with Gasteiger partial charge in [-0.3, -0.25) is 4.79 Å². The summed E-state index contributed by atoms with van der Waals surface area (Å²) in [6.07, 6.45) is 0.430. The third-order valence-electron chi connectivity index (χ3n) is 3.59. The molecule has 0 spiro atoms. The molecule has 0 fully saturated rings.